The zero-order valence-electron chi connectivity index (χ0n) is 16.1. The van der Waals surface area contributed by atoms with Crippen LogP contribution >= 0.6 is 0 Å². The van der Waals surface area contributed by atoms with Crippen molar-refractivity contribution in [2.45, 2.75) is 13.3 Å². The van der Waals surface area contributed by atoms with Gasteiger partial charge in [-0.25, -0.2) is 9.67 Å². The number of hydrogen-bond acceptors (Lipinski definition) is 3. The molecule has 29 heavy (non-hydrogen) atoms. The lowest BCUT2D eigenvalue weighted by atomic mass is 10.1. The van der Waals surface area contributed by atoms with Gasteiger partial charge in [0.15, 0.2) is 0 Å². The Morgan fingerprint density at radius 3 is 2.41 bits per heavy atom. The van der Waals surface area contributed by atoms with Crippen LogP contribution < -0.4 is 4.90 Å². The first-order valence-electron chi connectivity index (χ1n) is 9.70. The van der Waals surface area contributed by atoms with Crippen LogP contribution in [0.5, 0.6) is 0 Å². The van der Waals surface area contributed by atoms with Crippen molar-refractivity contribution in [3.8, 4) is 16.9 Å². The Bertz CT molecular complexity index is 1180. The van der Waals surface area contributed by atoms with Crippen molar-refractivity contribution in [1.29, 1.82) is 0 Å². The molecule has 2 aromatic carbocycles. The number of para-hydroxylation sites is 1. The Morgan fingerprint density at radius 2 is 1.66 bits per heavy atom. The molecule has 4 aromatic rings. The van der Waals surface area contributed by atoms with Gasteiger partial charge < -0.3 is 0 Å². The number of anilines is 1. The molecule has 0 aliphatic carbocycles. The highest BCUT2D eigenvalue weighted by Gasteiger charge is 2.29. The van der Waals surface area contributed by atoms with E-state index in [-0.39, 0.29) is 5.91 Å². The maximum absolute atomic E-state index is 13.2. The third-order valence-electron chi connectivity index (χ3n) is 5.39. The summed E-state index contributed by atoms with van der Waals surface area (Å²) < 4.78 is 1.98. The molecule has 0 spiro atoms. The summed E-state index contributed by atoms with van der Waals surface area (Å²) in [6.07, 6.45) is 2.46. The zero-order chi connectivity index (χ0) is 19.8. The number of rotatable bonds is 2. The Morgan fingerprint density at radius 1 is 0.931 bits per heavy atom. The summed E-state index contributed by atoms with van der Waals surface area (Å²) >= 11 is 0. The van der Waals surface area contributed by atoms with Gasteiger partial charge in [-0.2, -0.15) is 5.10 Å². The van der Waals surface area contributed by atoms with E-state index in [4.69, 9.17) is 5.10 Å². The third kappa shape index (κ3) is 2.91. The van der Waals surface area contributed by atoms with Crippen LogP contribution in [-0.4, -0.2) is 27.2 Å². The molecular formula is C24H20N4O. The van der Waals surface area contributed by atoms with E-state index in [0.717, 1.165) is 34.6 Å². The Balaban J connectivity index is 1.64. The van der Waals surface area contributed by atoms with Crippen molar-refractivity contribution < 1.29 is 4.79 Å². The van der Waals surface area contributed by atoms with Crippen molar-refractivity contribution in [3.05, 3.63) is 95.8 Å². The second kappa shape index (κ2) is 7.02. The Labute approximate surface area is 169 Å². The predicted octanol–water partition coefficient (Wildman–Crippen LogP) is 4.45. The number of benzene rings is 2. The van der Waals surface area contributed by atoms with Gasteiger partial charge in [-0.3, -0.25) is 9.69 Å². The maximum Gasteiger partial charge on any atom is 0.259 e. The lowest BCUT2D eigenvalue weighted by Gasteiger charge is -2.21. The van der Waals surface area contributed by atoms with Gasteiger partial charge in [0.1, 0.15) is 5.82 Å². The minimum Gasteiger partial charge on any atom is -0.292 e. The van der Waals surface area contributed by atoms with Crippen LogP contribution in [0.25, 0.3) is 16.9 Å². The van der Waals surface area contributed by atoms with Gasteiger partial charge in [0.2, 0.25) is 0 Å². The third-order valence-corrected chi connectivity index (χ3v) is 5.39. The second-order valence-electron chi connectivity index (χ2n) is 7.11. The molecule has 5 heteroatoms. The van der Waals surface area contributed by atoms with Crippen molar-refractivity contribution in [1.82, 2.24) is 14.8 Å². The average molecular weight is 380 g/mol. The fourth-order valence-electron chi connectivity index (χ4n) is 3.93. The molecule has 3 heterocycles. The molecule has 5 nitrogen and oxygen atoms in total. The van der Waals surface area contributed by atoms with Crippen molar-refractivity contribution in [2.75, 3.05) is 11.4 Å². The number of carbonyl (C=O) groups is 1. The quantitative estimate of drug-likeness (QED) is 0.516. The fourth-order valence-corrected chi connectivity index (χ4v) is 3.93. The van der Waals surface area contributed by atoms with Crippen LogP contribution in [0.1, 0.15) is 21.6 Å². The number of hydrogen-bond donors (Lipinski definition) is 0. The topological polar surface area (TPSA) is 51.0 Å². The lowest BCUT2D eigenvalue weighted by molar-refractivity contribution is 0.0986. The van der Waals surface area contributed by atoms with E-state index in [9.17, 15) is 4.79 Å². The molecule has 1 amide bonds. The molecule has 0 unspecified atom stereocenters. The van der Waals surface area contributed by atoms with Crippen LogP contribution in [0, 0.1) is 6.92 Å². The minimum absolute atomic E-state index is 0.0377. The first kappa shape index (κ1) is 17.4. The van der Waals surface area contributed by atoms with Crippen LogP contribution in [-0.2, 0) is 6.42 Å². The second-order valence-corrected chi connectivity index (χ2v) is 7.11. The van der Waals surface area contributed by atoms with Crippen LogP contribution in [0.15, 0.2) is 79.0 Å². The van der Waals surface area contributed by atoms with E-state index in [0.29, 0.717) is 17.9 Å². The highest BCUT2D eigenvalue weighted by atomic mass is 16.2. The van der Waals surface area contributed by atoms with Crippen molar-refractivity contribution >= 4 is 11.7 Å². The smallest absolute Gasteiger partial charge is 0.259 e. The fraction of sp³-hybridized carbons (Fsp3) is 0.125. The number of fused-ring (bicyclic) bond motifs is 3. The summed E-state index contributed by atoms with van der Waals surface area (Å²) in [5.41, 5.74) is 5.73. The molecule has 0 saturated heterocycles. The summed E-state index contributed by atoms with van der Waals surface area (Å²) in [7, 11) is 0. The van der Waals surface area contributed by atoms with E-state index in [2.05, 4.69) is 24.0 Å². The SMILES string of the molecule is Cc1c2c(nn1-c1ccccc1)-c1cccnc1N(C(=O)c1ccccc1)CC2. The molecule has 1 aliphatic heterocycles. The average Bonchev–Trinajstić information content (AvgIpc) is 3.01. The largest absolute Gasteiger partial charge is 0.292 e. The van der Waals surface area contributed by atoms with Gasteiger partial charge in [-0.15, -0.1) is 0 Å². The van der Waals surface area contributed by atoms with Crippen molar-refractivity contribution in [3.63, 3.8) is 0 Å². The number of nitrogens with zero attached hydrogens (tertiary/aromatic N) is 4. The van der Waals surface area contributed by atoms with Crippen LogP contribution in [0.2, 0.25) is 0 Å². The molecular weight excluding hydrogens is 360 g/mol. The van der Waals surface area contributed by atoms with Gasteiger partial charge in [-0.05, 0) is 49.7 Å². The molecule has 0 saturated carbocycles. The van der Waals surface area contributed by atoms with Crippen LogP contribution in [0.4, 0.5) is 5.82 Å². The highest BCUT2D eigenvalue weighted by Crippen LogP contribution is 2.36. The van der Waals surface area contributed by atoms with Gasteiger partial charge in [-0.1, -0.05) is 36.4 Å². The Hall–Kier alpha value is -3.73. The summed E-state index contributed by atoms with van der Waals surface area (Å²) in [5.74, 6) is 0.627. The van der Waals surface area contributed by atoms with E-state index < -0.39 is 0 Å². The maximum atomic E-state index is 13.2. The van der Waals surface area contributed by atoms with E-state index in [1.54, 1.807) is 11.1 Å². The molecule has 0 radical (unpaired) electrons. The normalized spacial score (nSPS) is 12.8. The zero-order valence-corrected chi connectivity index (χ0v) is 16.1. The number of carbonyl (C=O) groups excluding carboxylic acids is 1. The molecule has 1 aliphatic rings. The van der Waals surface area contributed by atoms with Gasteiger partial charge >= 0.3 is 0 Å². The Kier molecular flexibility index (Phi) is 4.21. The van der Waals surface area contributed by atoms with Gasteiger partial charge in [0, 0.05) is 35.1 Å². The summed E-state index contributed by atoms with van der Waals surface area (Å²) in [4.78, 5) is 19.6. The molecule has 0 atom stereocenters. The van der Waals surface area contributed by atoms with E-state index >= 15 is 0 Å². The standard InChI is InChI=1S/C24H20N4O/c1-17-20-14-16-27(24(29)18-9-4-2-5-10-18)23-21(13-8-15-25-23)22(20)26-28(17)19-11-6-3-7-12-19/h2-13,15H,14,16H2,1H3. The molecule has 0 fully saturated rings. The minimum atomic E-state index is -0.0377. The van der Waals surface area contributed by atoms with E-state index in [1.807, 2.05) is 65.3 Å². The van der Waals surface area contributed by atoms with Crippen LogP contribution in [0.3, 0.4) is 0 Å². The number of aromatic nitrogens is 3. The summed E-state index contributed by atoms with van der Waals surface area (Å²) in [5, 5.41) is 4.93. The number of pyridine rings is 1. The molecule has 5 rings (SSSR count). The monoisotopic (exact) mass is 380 g/mol. The summed E-state index contributed by atoms with van der Waals surface area (Å²) in [6.45, 7) is 2.65. The molecule has 2 aromatic heterocycles. The molecule has 142 valence electrons. The number of amides is 1. The predicted molar refractivity (Wildman–Crippen MR) is 113 cm³/mol. The van der Waals surface area contributed by atoms with Gasteiger partial charge in [0.05, 0.1) is 11.4 Å². The van der Waals surface area contributed by atoms with E-state index in [1.165, 1.54) is 0 Å². The van der Waals surface area contributed by atoms with Crippen molar-refractivity contribution in [2.24, 2.45) is 0 Å². The van der Waals surface area contributed by atoms with Gasteiger partial charge in [0.25, 0.3) is 5.91 Å². The lowest BCUT2D eigenvalue weighted by Crippen LogP contribution is -2.33. The first-order valence-corrected chi connectivity index (χ1v) is 9.70. The summed E-state index contributed by atoms with van der Waals surface area (Å²) in [6, 6.07) is 23.4. The first-order chi connectivity index (χ1) is 14.2. The molecule has 0 bridgehead atoms. The highest BCUT2D eigenvalue weighted by molar-refractivity contribution is 6.07. The molecule has 0 N–H and O–H groups in total.